The van der Waals surface area contributed by atoms with Crippen LogP contribution in [0.4, 0.5) is 26.0 Å². The Morgan fingerprint density at radius 2 is 2.00 bits per heavy atom. The third-order valence-electron chi connectivity index (χ3n) is 7.36. The molecule has 40 heavy (non-hydrogen) atoms. The number of imidazole rings is 1. The summed E-state index contributed by atoms with van der Waals surface area (Å²) in [5.74, 6) is 0.0843. The number of pyridine rings is 1. The van der Waals surface area contributed by atoms with Gasteiger partial charge in [0.25, 0.3) is 6.43 Å². The van der Waals surface area contributed by atoms with E-state index in [0.717, 1.165) is 31.4 Å². The molecule has 3 aromatic heterocycles. The highest BCUT2D eigenvalue weighted by Gasteiger charge is 2.32. The minimum Gasteiger partial charge on any atom is -0.494 e. The summed E-state index contributed by atoms with van der Waals surface area (Å²) >= 11 is 0. The van der Waals surface area contributed by atoms with Gasteiger partial charge < -0.3 is 20.1 Å². The van der Waals surface area contributed by atoms with Crippen LogP contribution in [-0.2, 0) is 16.6 Å². The fourth-order valence-electron chi connectivity index (χ4n) is 5.02. The zero-order chi connectivity index (χ0) is 28.0. The van der Waals surface area contributed by atoms with Gasteiger partial charge in [-0.3, -0.25) is 14.0 Å². The second-order valence-electron chi connectivity index (χ2n) is 10.1. The highest BCUT2D eigenvalue weighted by Crippen LogP contribution is 2.41. The third-order valence-corrected chi connectivity index (χ3v) is 7.36. The van der Waals surface area contributed by atoms with E-state index in [9.17, 15) is 13.6 Å². The number of hydrogen-bond donors (Lipinski definition) is 2. The fraction of sp³-hybridized carbons (Fsp3) is 0.444. The Labute approximate surface area is 228 Å². The Bertz CT molecular complexity index is 1570. The van der Waals surface area contributed by atoms with Crippen molar-refractivity contribution in [3.05, 3.63) is 35.8 Å². The summed E-state index contributed by atoms with van der Waals surface area (Å²) in [5, 5.41) is 14.5. The third kappa shape index (κ3) is 4.74. The van der Waals surface area contributed by atoms with E-state index in [2.05, 4.69) is 30.9 Å². The van der Waals surface area contributed by atoms with Gasteiger partial charge in [0.05, 0.1) is 24.2 Å². The van der Waals surface area contributed by atoms with Crippen molar-refractivity contribution in [1.29, 1.82) is 0 Å². The Balaban J connectivity index is 1.50. The Kier molecular flexibility index (Phi) is 6.82. The molecule has 4 aromatic rings. The number of methoxy groups -OCH3 is 1. The number of aryl methyl sites for hydroxylation is 1. The Morgan fingerprint density at radius 1 is 1.18 bits per heavy atom. The summed E-state index contributed by atoms with van der Waals surface area (Å²) in [6.45, 7) is 2.37. The van der Waals surface area contributed by atoms with Crippen LogP contribution in [0.15, 0.2) is 24.3 Å². The number of hydrogen-bond acceptors (Lipinski definition) is 8. The number of rotatable bonds is 8. The number of alkyl halides is 2. The monoisotopic (exact) mass is 552 g/mol. The molecule has 0 spiro atoms. The summed E-state index contributed by atoms with van der Waals surface area (Å²) in [6.07, 6.45) is 0.397. The summed E-state index contributed by atoms with van der Waals surface area (Å²) in [6, 6.07) is 7.12. The number of carbonyl (C=O) groups excluding carboxylic acids is 1. The summed E-state index contributed by atoms with van der Waals surface area (Å²) in [5.41, 5.74) is 3.59. The van der Waals surface area contributed by atoms with Crippen LogP contribution in [0, 0.1) is 12.8 Å². The van der Waals surface area contributed by atoms with E-state index in [1.54, 1.807) is 31.0 Å². The maximum Gasteiger partial charge on any atom is 0.295 e. The van der Waals surface area contributed by atoms with Crippen LogP contribution in [0.5, 0.6) is 5.75 Å². The van der Waals surface area contributed by atoms with Crippen LogP contribution < -0.4 is 15.4 Å². The first-order valence-corrected chi connectivity index (χ1v) is 13.3. The van der Waals surface area contributed by atoms with Crippen LogP contribution in [-0.4, -0.2) is 49.2 Å². The summed E-state index contributed by atoms with van der Waals surface area (Å²) in [7, 11) is 3.35. The standard InChI is InChI=1S/C27H30F2N8O3/c1-14-21(34-35-36(14)2)16-7-6-8-17(23(16)39-3)30-18-13-19(32-27(38)15-10-11-15)31-25-22(18)33-26(24(28)29)37(25)20-9-4-5-12-40-20/h6-8,13,15,20,24H,4-5,9-12H2,1-3H3,(H2,30,31,32,38). The maximum absolute atomic E-state index is 14.3. The van der Waals surface area contributed by atoms with Gasteiger partial charge in [0, 0.05) is 31.2 Å². The molecule has 2 fully saturated rings. The summed E-state index contributed by atoms with van der Waals surface area (Å²) in [4.78, 5) is 21.6. The largest absolute Gasteiger partial charge is 0.494 e. The predicted molar refractivity (Wildman–Crippen MR) is 144 cm³/mol. The van der Waals surface area contributed by atoms with Gasteiger partial charge in [0.1, 0.15) is 23.3 Å². The Hall–Kier alpha value is -4.13. The lowest BCUT2D eigenvalue weighted by atomic mass is 10.1. The van der Waals surface area contributed by atoms with Crippen molar-refractivity contribution in [2.75, 3.05) is 24.4 Å². The number of anilines is 3. The molecule has 1 amide bonds. The van der Waals surface area contributed by atoms with Crippen LogP contribution in [0.3, 0.4) is 0 Å². The topological polar surface area (TPSA) is 121 Å². The molecule has 11 nitrogen and oxygen atoms in total. The van der Waals surface area contributed by atoms with Crippen molar-refractivity contribution >= 4 is 34.3 Å². The van der Waals surface area contributed by atoms with Crippen molar-refractivity contribution in [3.8, 4) is 17.0 Å². The highest BCUT2D eigenvalue weighted by atomic mass is 19.3. The number of aromatic nitrogens is 6. The van der Waals surface area contributed by atoms with Crippen LogP contribution in [0.25, 0.3) is 22.4 Å². The van der Waals surface area contributed by atoms with Gasteiger partial charge in [-0.1, -0.05) is 11.3 Å². The number of benzene rings is 1. The zero-order valence-electron chi connectivity index (χ0n) is 22.4. The number of nitrogens with one attached hydrogen (secondary N) is 2. The molecule has 1 aliphatic heterocycles. The second kappa shape index (κ2) is 10.5. The second-order valence-corrected chi connectivity index (χ2v) is 10.1. The fourth-order valence-corrected chi connectivity index (χ4v) is 5.02. The molecule has 0 bridgehead atoms. The number of ether oxygens (including phenoxy) is 2. The molecule has 1 unspecified atom stereocenters. The zero-order valence-corrected chi connectivity index (χ0v) is 22.4. The number of carbonyl (C=O) groups is 1. The lowest BCUT2D eigenvalue weighted by molar-refractivity contribution is -0.117. The van der Waals surface area contributed by atoms with Gasteiger partial charge in [-0.25, -0.2) is 18.7 Å². The SMILES string of the molecule is COc1c(Nc2cc(NC(=O)C3CC3)nc3c2nc(C(F)F)n3C2CCCCO2)cccc1-c1nnn(C)c1C. The van der Waals surface area contributed by atoms with E-state index in [1.165, 1.54) is 4.57 Å². The van der Waals surface area contributed by atoms with Crippen LogP contribution in [0.1, 0.15) is 56.3 Å². The molecule has 1 aromatic carbocycles. The number of halogens is 2. The average Bonchev–Trinajstić information content (AvgIpc) is 3.66. The molecular formula is C27H30F2N8O3. The van der Waals surface area contributed by atoms with Gasteiger partial charge in [0.15, 0.2) is 17.2 Å². The van der Waals surface area contributed by atoms with Crippen LogP contribution in [0.2, 0.25) is 0 Å². The van der Waals surface area contributed by atoms with Gasteiger partial charge in [0.2, 0.25) is 5.91 Å². The first kappa shape index (κ1) is 26.1. The van der Waals surface area contributed by atoms with E-state index < -0.39 is 18.5 Å². The minimum atomic E-state index is -2.85. The summed E-state index contributed by atoms with van der Waals surface area (Å²) < 4.78 is 43.3. The number of fused-ring (bicyclic) bond motifs is 1. The van der Waals surface area contributed by atoms with Crippen molar-refractivity contribution in [2.45, 2.75) is 51.7 Å². The van der Waals surface area contributed by atoms with E-state index >= 15 is 0 Å². The van der Waals surface area contributed by atoms with E-state index in [-0.39, 0.29) is 28.8 Å². The van der Waals surface area contributed by atoms with Crippen LogP contribution >= 0.6 is 0 Å². The molecule has 0 radical (unpaired) electrons. The highest BCUT2D eigenvalue weighted by molar-refractivity contribution is 5.97. The van der Waals surface area contributed by atoms with Gasteiger partial charge in [-0.15, -0.1) is 5.10 Å². The lowest BCUT2D eigenvalue weighted by Gasteiger charge is -2.25. The van der Waals surface area contributed by atoms with E-state index in [1.807, 2.05) is 19.1 Å². The molecule has 6 rings (SSSR count). The number of para-hydroxylation sites is 1. The van der Waals surface area contributed by atoms with E-state index in [4.69, 9.17) is 9.47 Å². The van der Waals surface area contributed by atoms with Gasteiger partial charge in [-0.2, -0.15) is 0 Å². The maximum atomic E-state index is 14.3. The van der Waals surface area contributed by atoms with Gasteiger partial charge >= 0.3 is 0 Å². The molecule has 1 saturated carbocycles. The smallest absolute Gasteiger partial charge is 0.295 e. The molecule has 2 N–H and O–H groups in total. The molecule has 2 aliphatic rings. The first-order valence-electron chi connectivity index (χ1n) is 13.3. The van der Waals surface area contributed by atoms with E-state index in [0.29, 0.717) is 41.4 Å². The molecule has 4 heterocycles. The predicted octanol–water partition coefficient (Wildman–Crippen LogP) is 5.27. The molecule has 13 heteroatoms. The van der Waals surface area contributed by atoms with Gasteiger partial charge in [-0.05, 0) is 51.2 Å². The molecule has 210 valence electrons. The average molecular weight is 553 g/mol. The number of nitrogens with zero attached hydrogens (tertiary/aromatic N) is 6. The van der Waals surface area contributed by atoms with Crippen molar-refractivity contribution < 1.29 is 23.0 Å². The molecular weight excluding hydrogens is 522 g/mol. The van der Waals surface area contributed by atoms with Crippen molar-refractivity contribution in [3.63, 3.8) is 0 Å². The quantitative estimate of drug-likeness (QED) is 0.303. The molecule has 1 aliphatic carbocycles. The Morgan fingerprint density at radius 3 is 2.65 bits per heavy atom. The lowest BCUT2D eigenvalue weighted by Crippen LogP contribution is -2.21. The minimum absolute atomic E-state index is 0.0656. The van der Waals surface area contributed by atoms with Crippen molar-refractivity contribution in [2.24, 2.45) is 13.0 Å². The van der Waals surface area contributed by atoms with Crippen molar-refractivity contribution in [1.82, 2.24) is 29.5 Å². The number of amides is 1. The normalized spacial score (nSPS) is 17.4. The molecule has 1 saturated heterocycles. The first-order chi connectivity index (χ1) is 19.4. The molecule has 1 atom stereocenters.